The first-order valence-electron chi connectivity index (χ1n) is 10.5. The summed E-state index contributed by atoms with van der Waals surface area (Å²) in [6.45, 7) is 8.54. The second-order valence-corrected chi connectivity index (χ2v) is 10.9. The maximum absolute atomic E-state index is 12.9. The fourth-order valence-electron chi connectivity index (χ4n) is 8.09. The second-order valence-electron chi connectivity index (χ2n) is 10.9. The van der Waals surface area contributed by atoms with Gasteiger partial charge >= 0.3 is 5.97 Å². The summed E-state index contributed by atoms with van der Waals surface area (Å²) in [4.78, 5) is 12.9. The fraction of sp³-hybridized carbons (Fsp3) is 0.955. The highest BCUT2D eigenvalue weighted by Crippen LogP contribution is 2.75. The average molecular weight is 331 g/mol. The molecular weight excluding hydrogens is 296 g/mol. The molecule has 2 nitrogen and oxygen atoms in total. The third kappa shape index (κ3) is 1.76. The topological polar surface area (TPSA) is 26.3 Å². The van der Waals surface area contributed by atoms with Gasteiger partial charge in [-0.05, 0) is 107 Å². The minimum Gasteiger partial charge on any atom is -0.458 e. The highest BCUT2D eigenvalue weighted by Gasteiger charge is 2.72. The van der Waals surface area contributed by atoms with Crippen molar-refractivity contribution in [3.63, 3.8) is 0 Å². The zero-order valence-electron chi connectivity index (χ0n) is 15.9. The summed E-state index contributed by atoms with van der Waals surface area (Å²) in [5.41, 5.74) is 0.115. The van der Waals surface area contributed by atoms with Crippen LogP contribution in [0.5, 0.6) is 0 Å². The van der Waals surface area contributed by atoms with Crippen molar-refractivity contribution in [2.24, 2.45) is 46.3 Å². The van der Waals surface area contributed by atoms with E-state index in [1.165, 1.54) is 44.9 Å². The SMILES string of the molecule is CCC(C)(C)C(=O)OC1(C)C2CC3CC4(CCC5CC3C1C4C5)C2. The molecule has 6 rings (SSSR count). The summed E-state index contributed by atoms with van der Waals surface area (Å²) in [5, 5.41) is 0. The van der Waals surface area contributed by atoms with Gasteiger partial charge < -0.3 is 4.74 Å². The molecule has 0 radical (unpaired) electrons. The molecule has 7 bridgehead atoms. The molecule has 0 aliphatic heterocycles. The molecule has 0 heterocycles. The Labute approximate surface area is 147 Å². The maximum Gasteiger partial charge on any atom is 0.312 e. The Morgan fingerprint density at radius 2 is 2.00 bits per heavy atom. The molecule has 0 aromatic heterocycles. The van der Waals surface area contributed by atoms with Crippen LogP contribution in [0.15, 0.2) is 0 Å². The number of fused-ring (bicyclic) bond motifs is 1. The summed E-state index contributed by atoms with van der Waals surface area (Å²) in [7, 11) is 0. The van der Waals surface area contributed by atoms with E-state index in [1.807, 2.05) is 0 Å². The molecule has 0 N–H and O–H groups in total. The standard InChI is InChI=1S/C22H34O2/c1-5-20(2,3)19(23)24-21(4)15-10-14-11-22(12-15)7-6-13-8-16(14)18(21)17(22)9-13/h13-18H,5-12H2,1-4H3. The first-order valence-corrected chi connectivity index (χ1v) is 10.5. The van der Waals surface area contributed by atoms with Crippen molar-refractivity contribution in [2.75, 3.05) is 0 Å². The normalized spacial score (nSPS) is 54.2. The van der Waals surface area contributed by atoms with Crippen LogP contribution in [0.3, 0.4) is 0 Å². The molecule has 1 spiro atoms. The molecule has 8 unspecified atom stereocenters. The number of carbonyl (C=O) groups excluding carboxylic acids is 1. The van der Waals surface area contributed by atoms with E-state index in [1.54, 1.807) is 0 Å². The van der Waals surface area contributed by atoms with Gasteiger partial charge in [-0.25, -0.2) is 0 Å². The summed E-state index contributed by atoms with van der Waals surface area (Å²) in [6, 6.07) is 0. The van der Waals surface area contributed by atoms with Crippen molar-refractivity contribution in [1.82, 2.24) is 0 Å². The number of ether oxygens (including phenoxy) is 1. The van der Waals surface area contributed by atoms with Crippen LogP contribution >= 0.6 is 0 Å². The predicted octanol–water partition coefficient (Wildman–Crippen LogP) is 5.21. The monoisotopic (exact) mass is 330 g/mol. The van der Waals surface area contributed by atoms with Gasteiger partial charge in [0.25, 0.3) is 0 Å². The fourth-order valence-corrected chi connectivity index (χ4v) is 8.09. The van der Waals surface area contributed by atoms with E-state index < -0.39 is 0 Å². The molecule has 2 heteroatoms. The van der Waals surface area contributed by atoms with E-state index in [4.69, 9.17) is 4.74 Å². The van der Waals surface area contributed by atoms with Gasteiger partial charge in [-0.15, -0.1) is 0 Å². The van der Waals surface area contributed by atoms with Crippen molar-refractivity contribution in [1.29, 1.82) is 0 Å². The van der Waals surface area contributed by atoms with Crippen molar-refractivity contribution < 1.29 is 9.53 Å². The summed E-state index contributed by atoms with van der Waals surface area (Å²) >= 11 is 0. The van der Waals surface area contributed by atoms with Crippen molar-refractivity contribution in [3.05, 3.63) is 0 Å². The van der Waals surface area contributed by atoms with Crippen LogP contribution in [0.4, 0.5) is 0 Å². The van der Waals surface area contributed by atoms with Gasteiger partial charge in [0, 0.05) is 5.92 Å². The van der Waals surface area contributed by atoms with Crippen molar-refractivity contribution in [2.45, 2.75) is 84.7 Å². The highest BCUT2D eigenvalue weighted by molar-refractivity contribution is 5.76. The number of hydrogen-bond acceptors (Lipinski definition) is 2. The Balaban J connectivity index is 1.52. The summed E-state index contributed by atoms with van der Waals surface area (Å²) in [6.07, 6.45) is 10.9. The number of rotatable bonds is 3. The van der Waals surface area contributed by atoms with Crippen LogP contribution in [0.25, 0.3) is 0 Å². The minimum absolute atomic E-state index is 0.0562. The largest absolute Gasteiger partial charge is 0.458 e. The molecule has 0 aromatic rings. The quantitative estimate of drug-likeness (QED) is 0.664. The number of carbonyl (C=O) groups is 1. The third-order valence-corrected chi connectivity index (χ3v) is 9.66. The van der Waals surface area contributed by atoms with Gasteiger partial charge in [0.15, 0.2) is 0 Å². The van der Waals surface area contributed by atoms with E-state index in [9.17, 15) is 4.79 Å². The van der Waals surface area contributed by atoms with Crippen molar-refractivity contribution >= 4 is 5.97 Å². The van der Waals surface area contributed by atoms with Crippen LogP contribution in [0.2, 0.25) is 0 Å². The lowest BCUT2D eigenvalue weighted by Crippen LogP contribution is -2.71. The molecule has 6 saturated carbocycles. The van der Waals surface area contributed by atoms with Gasteiger partial charge in [0.05, 0.1) is 5.41 Å². The Morgan fingerprint density at radius 1 is 1.21 bits per heavy atom. The van der Waals surface area contributed by atoms with E-state index in [0.29, 0.717) is 17.3 Å². The van der Waals surface area contributed by atoms with E-state index >= 15 is 0 Å². The highest BCUT2D eigenvalue weighted by atomic mass is 16.6. The van der Waals surface area contributed by atoms with Crippen LogP contribution in [-0.2, 0) is 9.53 Å². The van der Waals surface area contributed by atoms with Crippen LogP contribution in [0, 0.1) is 46.3 Å². The zero-order chi connectivity index (χ0) is 16.9. The van der Waals surface area contributed by atoms with E-state index in [-0.39, 0.29) is 17.0 Å². The van der Waals surface area contributed by atoms with Gasteiger partial charge in [-0.2, -0.15) is 0 Å². The first-order chi connectivity index (χ1) is 11.3. The minimum atomic E-state index is -0.343. The molecule has 24 heavy (non-hydrogen) atoms. The molecule has 0 aromatic carbocycles. The van der Waals surface area contributed by atoms with Gasteiger partial charge in [-0.3, -0.25) is 4.79 Å². The zero-order valence-corrected chi connectivity index (χ0v) is 15.9. The van der Waals surface area contributed by atoms with Gasteiger partial charge in [0.2, 0.25) is 0 Å². The smallest absolute Gasteiger partial charge is 0.312 e. The Bertz CT molecular complexity index is 579. The average Bonchev–Trinajstić information content (AvgIpc) is 2.55. The summed E-state index contributed by atoms with van der Waals surface area (Å²) < 4.78 is 6.47. The lowest BCUT2D eigenvalue weighted by Gasteiger charge is -2.74. The molecule has 6 fully saturated rings. The van der Waals surface area contributed by atoms with Gasteiger partial charge in [-0.1, -0.05) is 6.92 Å². The Morgan fingerprint density at radius 3 is 2.75 bits per heavy atom. The predicted molar refractivity (Wildman–Crippen MR) is 94.3 cm³/mol. The molecule has 8 atom stereocenters. The lowest BCUT2D eigenvalue weighted by atomic mass is 9.32. The molecule has 0 amide bonds. The summed E-state index contributed by atoms with van der Waals surface area (Å²) in [5.74, 6) is 4.97. The van der Waals surface area contributed by atoms with E-state index in [0.717, 1.165) is 30.1 Å². The molecule has 0 saturated heterocycles. The first kappa shape index (κ1) is 15.7. The third-order valence-electron chi connectivity index (χ3n) is 9.66. The second kappa shape index (κ2) is 4.60. The molecular formula is C22H34O2. The number of esters is 1. The molecule has 6 aliphatic rings. The van der Waals surface area contributed by atoms with E-state index in [2.05, 4.69) is 27.7 Å². The maximum atomic E-state index is 12.9. The number of hydrogen-bond donors (Lipinski definition) is 0. The molecule has 134 valence electrons. The van der Waals surface area contributed by atoms with Gasteiger partial charge in [0.1, 0.15) is 5.60 Å². The molecule has 6 aliphatic carbocycles. The van der Waals surface area contributed by atoms with Crippen LogP contribution in [0.1, 0.15) is 79.1 Å². The van der Waals surface area contributed by atoms with Crippen LogP contribution < -0.4 is 0 Å². The lowest BCUT2D eigenvalue weighted by molar-refractivity contribution is -0.294. The van der Waals surface area contributed by atoms with Crippen LogP contribution in [-0.4, -0.2) is 11.6 Å². The van der Waals surface area contributed by atoms with Crippen molar-refractivity contribution in [3.8, 4) is 0 Å². The Kier molecular flexibility index (Phi) is 3.01. The Hall–Kier alpha value is -0.530.